The molecular formula is C15H32N2O. The van der Waals surface area contributed by atoms with Crippen molar-refractivity contribution in [2.24, 2.45) is 5.92 Å². The second-order valence-corrected chi connectivity index (χ2v) is 6.00. The standard InChI is InChI=1S/C15H32N2O/c1-14(7-11-17(2)3)16-10-5-4-6-15-8-12-18-13-9-15/h14-16H,4-13H2,1-3H3. The summed E-state index contributed by atoms with van der Waals surface area (Å²) in [6.07, 6.45) is 7.91. The van der Waals surface area contributed by atoms with Crippen molar-refractivity contribution in [3.8, 4) is 0 Å². The van der Waals surface area contributed by atoms with Crippen molar-refractivity contribution < 1.29 is 4.74 Å². The van der Waals surface area contributed by atoms with E-state index in [0.717, 1.165) is 19.1 Å². The van der Waals surface area contributed by atoms with Gasteiger partial charge >= 0.3 is 0 Å². The van der Waals surface area contributed by atoms with Crippen molar-refractivity contribution in [3.05, 3.63) is 0 Å². The summed E-state index contributed by atoms with van der Waals surface area (Å²) in [5, 5.41) is 3.62. The summed E-state index contributed by atoms with van der Waals surface area (Å²) >= 11 is 0. The third-order valence-corrected chi connectivity index (χ3v) is 3.88. The van der Waals surface area contributed by atoms with E-state index in [1.54, 1.807) is 0 Å². The van der Waals surface area contributed by atoms with Crippen LogP contribution in [0.15, 0.2) is 0 Å². The summed E-state index contributed by atoms with van der Waals surface area (Å²) in [7, 11) is 4.28. The number of rotatable bonds is 9. The fourth-order valence-corrected chi connectivity index (χ4v) is 2.50. The first-order chi connectivity index (χ1) is 8.68. The molecule has 1 unspecified atom stereocenters. The van der Waals surface area contributed by atoms with Crippen molar-refractivity contribution in [3.63, 3.8) is 0 Å². The summed E-state index contributed by atoms with van der Waals surface area (Å²) in [4.78, 5) is 2.25. The maximum absolute atomic E-state index is 5.39. The van der Waals surface area contributed by atoms with E-state index in [9.17, 15) is 0 Å². The number of nitrogens with one attached hydrogen (secondary N) is 1. The molecule has 0 aromatic rings. The van der Waals surface area contributed by atoms with Gasteiger partial charge in [-0.3, -0.25) is 0 Å². The van der Waals surface area contributed by atoms with Crippen molar-refractivity contribution in [1.29, 1.82) is 0 Å². The molecule has 0 aliphatic carbocycles. The van der Waals surface area contributed by atoms with Crippen LogP contribution in [-0.2, 0) is 4.74 Å². The Morgan fingerprint density at radius 3 is 2.61 bits per heavy atom. The quantitative estimate of drug-likeness (QED) is 0.642. The molecule has 1 N–H and O–H groups in total. The van der Waals surface area contributed by atoms with Crippen molar-refractivity contribution in [1.82, 2.24) is 10.2 Å². The molecule has 1 fully saturated rings. The van der Waals surface area contributed by atoms with Gasteiger partial charge in [0.2, 0.25) is 0 Å². The van der Waals surface area contributed by atoms with Crippen LogP contribution in [0.4, 0.5) is 0 Å². The first-order valence-electron chi connectivity index (χ1n) is 7.64. The largest absolute Gasteiger partial charge is 0.381 e. The van der Waals surface area contributed by atoms with Gasteiger partial charge in [-0.05, 0) is 65.7 Å². The van der Waals surface area contributed by atoms with Crippen molar-refractivity contribution >= 4 is 0 Å². The third-order valence-electron chi connectivity index (χ3n) is 3.88. The molecule has 0 radical (unpaired) electrons. The maximum atomic E-state index is 5.39. The normalized spacial score (nSPS) is 19.3. The summed E-state index contributed by atoms with van der Waals surface area (Å²) < 4.78 is 5.39. The van der Waals surface area contributed by atoms with Crippen LogP contribution in [0.1, 0.15) is 45.4 Å². The minimum atomic E-state index is 0.649. The van der Waals surface area contributed by atoms with Gasteiger partial charge in [0.05, 0.1) is 0 Å². The van der Waals surface area contributed by atoms with Gasteiger partial charge in [0.1, 0.15) is 0 Å². The van der Waals surface area contributed by atoms with E-state index in [4.69, 9.17) is 4.74 Å². The molecule has 0 amide bonds. The Kier molecular flexibility index (Phi) is 8.64. The summed E-state index contributed by atoms with van der Waals surface area (Å²) in [6, 6.07) is 0.649. The average molecular weight is 256 g/mol. The Bertz CT molecular complexity index is 191. The monoisotopic (exact) mass is 256 g/mol. The third kappa shape index (κ3) is 8.06. The molecule has 1 aliphatic rings. The minimum Gasteiger partial charge on any atom is -0.381 e. The van der Waals surface area contributed by atoms with Crippen molar-refractivity contribution in [2.45, 2.75) is 51.5 Å². The van der Waals surface area contributed by atoms with Crippen LogP contribution in [-0.4, -0.2) is 51.3 Å². The Morgan fingerprint density at radius 2 is 1.94 bits per heavy atom. The molecule has 3 heteroatoms. The fourth-order valence-electron chi connectivity index (χ4n) is 2.50. The van der Waals surface area contributed by atoms with E-state index in [0.29, 0.717) is 6.04 Å². The van der Waals surface area contributed by atoms with E-state index < -0.39 is 0 Å². The van der Waals surface area contributed by atoms with E-state index in [2.05, 4.69) is 31.2 Å². The fraction of sp³-hybridized carbons (Fsp3) is 1.00. The molecule has 1 atom stereocenters. The van der Waals surface area contributed by atoms with Crippen LogP contribution < -0.4 is 5.32 Å². The maximum Gasteiger partial charge on any atom is 0.0468 e. The van der Waals surface area contributed by atoms with Crippen LogP contribution in [0.25, 0.3) is 0 Å². The molecule has 18 heavy (non-hydrogen) atoms. The predicted octanol–water partition coefficient (Wildman–Crippen LogP) is 2.51. The lowest BCUT2D eigenvalue weighted by atomic mass is 9.94. The minimum absolute atomic E-state index is 0.649. The molecule has 1 rings (SSSR count). The molecule has 3 nitrogen and oxygen atoms in total. The van der Waals surface area contributed by atoms with Crippen LogP contribution in [0, 0.1) is 5.92 Å². The lowest BCUT2D eigenvalue weighted by Gasteiger charge is -2.22. The zero-order valence-electron chi connectivity index (χ0n) is 12.6. The topological polar surface area (TPSA) is 24.5 Å². The first kappa shape index (κ1) is 15.9. The van der Waals surface area contributed by atoms with Gasteiger partial charge in [-0.15, -0.1) is 0 Å². The van der Waals surface area contributed by atoms with E-state index in [1.807, 2.05) is 0 Å². The van der Waals surface area contributed by atoms with Gasteiger partial charge in [0, 0.05) is 19.3 Å². The predicted molar refractivity (Wildman–Crippen MR) is 78.0 cm³/mol. The highest BCUT2D eigenvalue weighted by molar-refractivity contribution is 4.65. The Balaban J connectivity index is 1.88. The van der Waals surface area contributed by atoms with Gasteiger partial charge in [-0.2, -0.15) is 0 Å². The van der Waals surface area contributed by atoms with Crippen LogP contribution in [0.5, 0.6) is 0 Å². The molecule has 1 saturated heterocycles. The molecule has 108 valence electrons. The zero-order chi connectivity index (χ0) is 13.2. The van der Waals surface area contributed by atoms with Crippen LogP contribution in [0.2, 0.25) is 0 Å². The highest BCUT2D eigenvalue weighted by Gasteiger charge is 2.12. The van der Waals surface area contributed by atoms with Crippen LogP contribution in [0.3, 0.4) is 0 Å². The van der Waals surface area contributed by atoms with Gasteiger partial charge in [-0.25, -0.2) is 0 Å². The molecule has 0 bridgehead atoms. The highest BCUT2D eigenvalue weighted by Crippen LogP contribution is 2.20. The van der Waals surface area contributed by atoms with Gasteiger partial charge in [0.25, 0.3) is 0 Å². The second-order valence-electron chi connectivity index (χ2n) is 6.00. The number of unbranched alkanes of at least 4 members (excludes halogenated alkanes) is 1. The van der Waals surface area contributed by atoms with Gasteiger partial charge in [0.15, 0.2) is 0 Å². The lowest BCUT2D eigenvalue weighted by molar-refractivity contribution is 0.0631. The number of ether oxygens (including phenoxy) is 1. The zero-order valence-corrected chi connectivity index (χ0v) is 12.6. The number of nitrogens with zero attached hydrogens (tertiary/aromatic N) is 1. The molecule has 0 aromatic heterocycles. The Labute approximate surface area is 113 Å². The average Bonchev–Trinajstić information content (AvgIpc) is 2.37. The van der Waals surface area contributed by atoms with E-state index in [1.165, 1.54) is 51.6 Å². The summed E-state index contributed by atoms with van der Waals surface area (Å²) in [5.41, 5.74) is 0. The summed E-state index contributed by atoms with van der Waals surface area (Å²) in [5.74, 6) is 0.935. The summed E-state index contributed by atoms with van der Waals surface area (Å²) in [6.45, 7) is 6.63. The number of hydrogen-bond acceptors (Lipinski definition) is 3. The van der Waals surface area contributed by atoms with Gasteiger partial charge in [-0.1, -0.05) is 12.8 Å². The Morgan fingerprint density at radius 1 is 1.22 bits per heavy atom. The van der Waals surface area contributed by atoms with E-state index in [-0.39, 0.29) is 0 Å². The molecule has 1 aliphatic heterocycles. The van der Waals surface area contributed by atoms with Gasteiger partial charge < -0.3 is 15.0 Å². The molecule has 0 aromatic carbocycles. The SMILES string of the molecule is CC(CCN(C)C)NCCCCC1CCOCC1. The smallest absolute Gasteiger partial charge is 0.0468 e. The highest BCUT2D eigenvalue weighted by atomic mass is 16.5. The Hall–Kier alpha value is -0.120. The van der Waals surface area contributed by atoms with Crippen LogP contribution >= 0.6 is 0 Å². The van der Waals surface area contributed by atoms with E-state index >= 15 is 0 Å². The first-order valence-corrected chi connectivity index (χ1v) is 7.64. The molecule has 1 heterocycles. The number of hydrogen-bond donors (Lipinski definition) is 1. The molecule has 0 saturated carbocycles. The molecular weight excluding hydrogens is 224 g/mol. The molecule has 0 spiro atoms. The lowest BCUT2D eigenvalue weighted by Crippen LogP contribution is -2.30. The second kappa shape index (κ2) is 9.76. The van der Waals surface area contributed by atoms with Crippen molar-refractivity contribution in [2.75, 3.05) is 40.4 Å².